The highest BCUT2D eigenvalue weighted by Crippen LogP contribution is 2.36. The Kier molecular flexibility index (Phi) is 8.93. The van der Waals surface area contributed by atoms with E-state index in [1.807, 2.05) is 40.7 Å². The molecule has 2 aromatic heterocycles. The van der Waals surface area contributed by atoms with E-state index in [0.29, 0.717) is 24.6 Å². The van der Waals surface area contributed by atoms with Crippen LogP contribution in [0.2, 0.25) is 0 Å². The molecule has 2 heterocycles. The molecule has 3 rings (SSSR count). The van der Waals surface area contributed by atoms with Gasteiger partial charge in [0, 0.05) is 24.4 Å². The van der Waals surface area contributed by atoms with Crippen molar-refractivity contribution < 1.29 is 14.3 Å². The molecule has 37 heavy (non-hydrogen) atoms. The summed E-state index contributed by atoms with van der Waals surface area (Å²) < 4.78 is 13.3. The number of ether oxygens (including phenoxy) is 2. The fourth-order valence-electron chi connectivity index (χ4n) is 3.73. The molecule has 0 unspecified atom stereocenters. The summed E-state index contributed by atoms with van der Waals surface area (Å²) in [6, 6.07) is 3.70. The number of carbonyl (C=O) groups excluding carboxylic acids is 1. The number of hydrogen-bond donors (Lipinski definition) is 1. The molecule has 0 aliphatic heterocycles. The minimum Gasteiger partial charge on any atom is -0.477 e. The number of aromatic nitrogens is 3. The second kappa shape index (κ2) is 11.9. The Bertz CT molecular complexity index is 1250. The maximum absolute atomic E-state index is 13.1. The third kappa shape index (κ3) is 7.10. The molecule has 2 aromatic rings. The van der Waals surface area contributed by atoms with Gasteiger partial charge in [0.05, 0.1) is 12.1 Å². The average molecular weight is 504 g/mol. The zero-order valence-corrected chi connectivity index (χ0v) is 22.7. The maximum atomic E-state index is 13.1. The smallest absolute Gasteiger partial charge is 0.272 e. The Morgan fingerprint density at radius 1 is 1.35 bits per heavy atom. The number of nitriles is 1. The number of amides is 1. The van der Waals surface area contributed by atoms with Gasteiger partial charge >= 0.3 is 0 Å². The van der Waals surface area contributed by atoms with E-state index in [1.54, 1.807) is 17.7 Å². The third-order valence-electron chi connectivity index (χ3n) is 6.00. The van der Waals surface area contributed by atoms with E-state index < -0.39 is 5.54 Å². The van der Waals surface area contributed by atoms with E-state index in [0.717, 1.165) is 17.9 Å². The van der Waals surface area contributed by atoms with Crippen LogP contribution in [0.1, 0.15) is 75.5 Å². The normalized spacial score (nSPS) is 13.9. The number of carbonyl (C=O) groups is 1. The molecule has 1 amide bonds. The van der Waals surface area contributed by atoms with E-state index >= 15 is 0 Å². The van der Waals surface area contributed by atoms with E-state index in [9.17, 15) is 10.1 Å². The van der Waals surface area contributed by atoms with Crippen molar-refractivity contribution in [2.24, 2.45) is 5.92 Å². The minimum atomic E-state index is -0.488. The molecular weight excluding hydrogens is 466 g/mol. The summed E-state index contributed by atoms with van der Waals surface area (Å²) in [6.07, 6.45) is 11.4. The lowest BCUT2D eigenvalue weighted by atomic mass is 10.1. The van der Waals surface area contributed by atoms with Gasteiger partial charge < -0.3 is 14.8 Å². The molecule has 0 saturated heterocycles. The molecule has 0 radical (unpaired) electrons. The predicted molar refractivity (Wildman–Crippen MR) is 144 cm³/mol. The molecular formula is C29H37N5O3. The summed E-state index contributed by atoms with van der Waals surface area (Å²) >= 11 is 0. The van der Waals surface area contributed by atoms with Crippen molar-refractivity contribution in [3.8, 4) is 23.6 Å². The summed E-state index contributed by atoms with van der Waals surface area (Å²) in [4.78, 5) is 17.3. The van der Waals surface area contributed by atoms with Gasteiger partial charge in [-0.05, 0) is 72.3 Å². The predicted octanol–water partition coefficient (Wildman–Crippen LogP) is 5.99. The maximum Gasteiger partial charge on any atom is 0.272 e. The van der Waals surface area contributed by atoms with E-state index in [1.165, 1.54) is 24.6 Å². The Morgan fingerprint density at radius 2 is 2.08 bits per heavy atom. The molecule has 0 bridgehead atoms. The van der Waals surface area contributed by atoms with Crippen molar-refractivity contribution in [2.45, 2.75) is 66.3 Å². The van der Waals surface area contributed by atoms with Crippen LogP contribution in [0, 0.1) is 24.2 Å². The molecule has 1 aliphatic rings. The molecule has 196 valence electrons. The number of allylic oxidation sites excluding steroid dienone is 3. The SMILES string of the molecule is C=C(/C=C\C(=C/C)CC1CC1)CNC(=O)c1nn(C(C)(C)C)c(Oc2ccnc(OCC)c2C#N)c1C. The second-order valence-corrected chi connectivity index (χ2v) is 10.2. The fourth-order valence-corrected chi connectivity index (χ4v) is 3.73. The van der Waals surface area contributed by atoms with Crippen molar-refractivity contribution in [1.82, 2.24) is 20.1 Å². The second-order valence-electron chi connectivity index (χ2n) is 10.2. The first kappa shape index (κ1) is 27.7. The zero-order valence-electron chi connectivity index (χ0n) is 22.7. The van der Waals surface area contributed by atoms with Gasteiger partial charge in [0.2, 0.25) is 11.8 Å². The fraction of sp³-hybridized carbons (Fsp3) is 0.448. The highest BCUT2D eigenvalue weighted by atomic mass is 16.5. The van der Waals surface area contributed by atoms with Crippen molar-refractivity contribution in [3.05, 3.63) is 65.0 Å². The summed E-state index contributed by atoms with van der Waals surface area (Å²) in [7, 11) is 0. The van der Waals surface area contributed by atoms with Crippen LogP contribution in [0.4, 0.5) is 0 Å². The highest BCUT2D eigenvalue weighted by Gasteiger charge is 2.28. The van der Waals surface area contributed by atoms with Crippen molar-refractivity contribution in [3.63, 3.8) is 0 Å². The molecule has 1 saturated carbocycles. The highest BCUT2D eigenvalue weighted by molar-refractivity contribution is 5.94. The molecule has 1 N–H and O–H groups in total. The monoisotopic (exact) mass is 503 g/mol. The molecule has 0 atom stereocenters. The summed E-state index contributed by atoms with van der Waals surface area (Å²) in [5.74, 6) is 1.34. The van der Waals surface area contributed by atoms with Gasteiger partial charge in [-0.25, -0.2) is 9.67 Å². The van der Waals surface area contributed by atoms with Crippen LogP contribution in [0.5, 0.6) is 17.5 Å². The van der Waals surface area contributed by atoms with Crippen molar-refractivity contribution >= 4 is 5.91 Å². The first-order valence-corrected chi connectivity index (χ1v) is 12.7. The Balaban J connectivity index is 1.80. The van der Waals surface area contributed by atoms with E-state index in [-0.39, 0.29) is 28.8 Å². The van der Waals surface area contributed by atoms with E-state index in [4.69, 9.17) is 9.47 Å². The topological polar surface area (TPSA) is 102 Å². The minimum absolute atomic E-state index is 0.182. The molecule has 0 spiro atoms. The zero-order chi connectivity index (χ0) is 27.2. The standard InChI is InChI=1S/C29H37N5O3/c1-8-21(16-22-12-13-22)11-10-19(3)18-32-26(35)25-20(4)28(34(33-25)29(5,6)7)37-24-14-15-31-27(36-9-2)23(24)17-30/h8,10-11,14-15,22H,3,9,12-13,16,18H2,1-2,4-7H3,(H,32,35)/b11-10-,21-8+. The van der Waals surface area contributed by atoms with Crippen LogP contribution in [0.25, 0.3) is 0 Å². The van der Waals surface area contributed by atoms with Gasteiger partial charge in [-0.2, -0.15) is 10.4 Å². The van der Waals surface area contributed by atoms with Crippen molar-refractivity contribution in [2.75, 3.05) is 13.2 Å². The summed E-state index contributed by atoms with van der Waals surface area (Å²) in [6.45, 7) is 16.3. The largest absolute Gasteiger partial charge is 0.477 e. The van der Waals surface area contributed by atoms with Crippen LogP contribution in [0.3, 0.4) is 0 Å². The molecule has 8 nitrogen and oxygen atoms in total. The molecule has 1 aliphatic carbocycles. The number of nitrogens with one attached hydrogen (secondary N) is 1. The lowest BCUT2D eigenvalue weighted by molar-refractivity contribution is 0.0950. The lowest BCUT2D eigenvalue weighted by Gasteiger charge is -2.22. The van der Waals surface area contributed by atoms with E-state index in [2.05, 4.69) is 40.2 Å². The van der Waals surface area contributed by atoms with Crippen LogP contribution in [-0.2, 0) is 5.54 Å². The molecule has 1 fully saturated rings. The number of rotatable bonds is 11. The number of pyridine rings is 1. The Morgan fingerprint density at radius 3 is 2.68 bits per heavy atom. The van der Waals surface area contributed by atoms with Gasteiger partial charge in [0.1, 0.15) is 6.07 Å². The molecule has 0 aromatic carbocycles. The van der Waals surface area contributed by atoms with Crippen molar-refractivity contribution in [1.29, 1.82) is 5.26 Å². The van der Waals surface area contributed by atoms with Gasteiger partial charge in [0.25, 0.3) is 5.91 Å². The lowest BCUT2D eigenvalue weighted by Crippen LogP contribution is -2.28. The summed E-state index contributed by atoms with van der Waals surface area (Å²) in [5, 5.41) is 17.2. The first-order valence-electron chi connectivity index (χ1n) is 12.7. The van der Waals surface area contributed by atoms with Gasteiger partial charge in [-0.1, -0.05) is 30.4 Å². The Labute approximate surface area is 219 Å². The average Bonchev–Trinajstić information content (AvgIpc) is 3.61. The number of nitrogens with zero attached hydrogens (tertiary/aromatic N) is 4. The Hall–Kier alpha value is -3.86. The molecule has 8 heteroatoms. The van der Waals surface area contributed by atoms with Crippen LogP contribution in [-0.4, -0.2) is 33.8 Å². The number of hydrogen-bond acceptors (Lipinski definition) is 6. The van der Waals surface area contributed by atoms with Gasteiger partial charge in [0.15, 0.2) is 17.0 Å². The third-order valence-corrected chi connectivity index (χ3v) is 6.00. The van der Waals surface area contributed by atoms with Gasteiger partial charge in [-0.3, -0.25) is 4.79 Å². The quantitative estimate of drug-likeness (QED) is 0.378. The van der Waals surface area contributed by atoms with Crippen LogP contribution < -0.4 is 14.8 Å². The summed E-state index contributed by atoms with van der Waals surface area (Å²) in [5.41, 5.74) is 2.60. The van der Waals surface area contributed by atoms with Crippen LogP contribution in [0.15, 0.2) is 48.2 Å². The van der Waals surface area contributed by atoms with Crippen LogP contribution >= 0.6 is 0 Å². The van der Waals surface area contributed by atoms with Gasteiger partial charge in [-0.15, -0.1) is 0 Å². The first-order chi connectivity index (χ1) is 17.6.